The Morgan fingerprint density at radius 2 is 1.74 bits per heavy atom. The first-order chi connectivity index (χ1) is 9.31. The van der Waals surface area contributed by atoms with Crippen LogP contribution in [0.15, 0.2) is 18.2 Å². The maximum Gasteiger partial charge on any atom is 0.161 e. The number of aldehydes is 1. The number of rotatable bonds is 10. The molecule has 106 valence electrons. The molecule has 0 bridgehead atoms. The third-order valence-corrected chi connectivity index (χ3v) is 2.82. The molecule has 3 heteroatoms. The lowest BCUT2D eigenvalue weighted by Gasteiger charge is -2.12. The Morgan fingerprint density at radius 1 is 0.947 bits per heavy atom. The van der Waals surface area contributed by atoms with Crippen molar-refractivity contribution in [1.82, 2.24) is 0 Å². The molecule has 1 rings (SSSR count). The highest BCUT2D eigenvalue weighted by Gasteiger charge is 2.06. The molecular weight excluding hydrogens is 240 g/mol. The van der Waals surface area contributed by atoms with Gasteiger partial charge in [0.05, 0.1) is 13.2 Å². The summed E-state index contributed by atoms with van der Waals surface area (Å²) in [5.41, 5.74) is 0.618. The van der Waals surface area contributed by atoms with Crippen LogP contribution in [-0.2, 0) is 0 Å². The lowest BCUT2D eigenvalue weighted by atomic mass is 10.2. The second-order valence-corrected chi connectivity index (χ2v) is 4.58. The van der Waals surface area contributed by atoms with Crippen molar-refractivity contribution in [3.8, 4) is 11.5 Å². The van der Waals surface area contributed by atoms with E-state index in [0.717, 1.165) is 24.9 Å². The molecule has 0 aliphatic heterocycles. The van der Waals surface area contributed by atoms with Gasteiger partial charge in [-0.15, -0.1) is 0 Å². The first-order valence-corrected chi connectivity index (χ1v) is 7.16. The van der Waals surface area contributed by atoms with Gasteiger partial charge in [0.1, 0.15) is 6.29 Å². The minimum absolute atomic E-state index is 0.618. The average molecular weight is 264 g/mol. The van der Waals surface area contributed by atoms with Crippen LogP contribution in [0.2, 0.25) is 0 Å². The zero-order chi connectivity index (χ0) is 13.9. The van der Waals surface area contributed by atoms with Gasteiger partial charge >= 0.3 is 0 Å². The van der Waals surface area contributed by atoms with Crippen LogP contribution in [0.25, 0.3) is 0 Å². The fourth-order valence-corrected chi connectivity index (χ4v) is 1.75. The fourth-order valence-electron chi connectivity index (χ4n) is 1.75. The van der Waals surface area contributed by atoms with Gasteiger partial charge in [-0.1, -0.05) is 33.1 Å². The molecule has 0 saturated carbocycles. The van der Waals surface area contributed by atoms with Crippen molar-refractivity contribution in [2.24, 2.45) is 0 Å². The molecule has 0 unspecified atom stereocenters. The summed E-state index contributed by atoms with van der Waals surface area (Å²) >= 11 is 0. The van der Waals surface area contributed by atoms with Crippen molar-refractivity contribution in [3.05, 3.63) is 23.8 Å². The van der Waals surface area contributed by atoms with Crippen LogP contribution in [0, 0.1) is 0 Å². The molecule has 1 aromatic rings. The largest absolute Gasteiger partial charge is 0.490 e. The summed E-state index contributed by atoms with van der Waals surface area (Å²) in [6.45, 7) is 5.58. The monoisotopic (exact) mass is 264 g/mol. The van der Waals surface area contributed by atoms with Gasteiger partial charge < -0.3 is 9.47 Å². The van der Waals surface area contributed by atoms with Gasteiger partial charge in [-0.25, -0.2) is 0 Å². The minimum Gasteiger partial charge on any atom is -0.490 e. The third-order valence-electron chi connectivity index (χ3n) is 2.82. The Kier molecular flexibility index (Phi) is 7.71. The van der Waals surface area contributed by atoms with Gasteiger partial charge in [-0.3, -0.25) is 4.79 Å². The highest BCUT2D eigenvalue weighted by Crippen LogP contribution is 2.28. The summed E-state index contributed by atoms with van der Waals surface area (Å²) in [5.74, 6) is 1.40. The molecule has 0 saturated heterocycles. The Labute approximate surface area is 115 Å². The number of hydrogen-bond donors (Lipinski definition) is 0. The van der Waals surface area contributed by atoms with Crippen molar-refractivity contribution in [2.45, 2.75) is 46.0 Å². The number of ether oxygens (including phenoxy) is 2. The highest BCUT2D eigenvalue weighted by molar-refractivity contribution is 5.76. The maximum atomic E-state index is 10.8. The predicted molar refractivity (Wildman–Crippen MR) is 77.3 cm³/mol. The van der Waals surface area contributed by atoms with Crippen molar-refractivity contribution in [2.75, 3.05) is 13.2 Å². The zero-order valence-electron chi connectivity index (χ0n) is 12.0. The predicted octanol–water partition coefficient (Wildman–Crippen LogP) is 4.25. The van der Waals surface area contributed by atoms with Crippen LogP contribution < -0.4 is 9.47 Å². The standard InChI is InChI=1S/C16H24O3/c1-3-5-6-7-11-19-16-12-14(13-17)8-9-15(16)18-10-4-2/h8-9,12-13H,3-7,10-11H2,1-2H3. The molecule has 0 amide bonds. The smallest absolute Gasteiger partial charge is 0.161 e. The van der Waals surface area contributed by atoms with E-state index in [9.17, 15) is 4.79 Å². The summed E-state index contributed by atoms with van der Waals surface area (Å²) in [4.78, 5) is 10.8. The van der Waals surface area contributed by atoms with E-state index in [4.69, 9.17) is 9.47 Å². The summed E-state index contributed by atoms with van der Waals surface area (Å²) in [5, 5.41) is 0. The van der Waals surface area contributed by atoms with Gasteiger partial charge in [0.25, 0.3) is 0 Å². The van der Waals surface area contributed by atoms with Crippen molar-refractivity contribution in [3.63, 3.8) is 0 Å². The van der Waals surface area contributed by atoms with E-state index in [1.165, 1.54) is 19.3 Å². The van der Waals surface area contributed by atoms with E-state index in [1.54, 1.807) is 18.2 Å². The minimum atomic E-state index is 0.618. The molecule has 3 nitrogen and oxygen atoms in total. The first kappa shape index (κ1) is 15.5. The Bertz CT molecular complexity index is 374. The second-order valence-electron chi connectivity index (χ2n) is 4.58. The van der Waals surface area contributed by atoms with Crippen LogP contribution in [0.3, 0.4) is 0 Å². The number of unbranched alkanes of at least 4 members (excludes halogenated alkanes) is 3. The number of benzene rings is 1. The molecule has 0 aliphatic rings. The Hall–Kier alpha value is -1.51. The molecule has 0 fully saturated rings. The van der Waals surface area contributed by atoms with Gasteiger partial charge in [0.15, 0.2) is 11.5 Å². The zero-order valence-corrected chi connectivity index (χ0v) is 12.0. The van der Waals surface area contributed by atoms with Crippen molar-refractivity contribution in [1.29, 1.82) is 0 Å². The van der Waals surface area contributed by atoms with E-state index in [0.29, 0.717) is 24.5 Å². The van der Waals surface area contributed by atoms with E-state index in [2.05, 4.69) is 13.8 Å². The van der Waals surface area contributed by atoms with Crippen LogP contribution in [-0.4, -0.2) is 19.5 Å². The van der Waals surface area contributed by atoms with Gasteiger partial charge in [-0.05, 0) is 31.0 Å². The Balaban J connectivity index is 2.57. The molecule has 0 heterocycles. The number of hydrogen-bond acceptors (Lipinski definition) is 3. The molecule has 0 aliphatic carbocycles. The van der Waals surface area contributed by atoms with Crippen LogP contribution in [0.5, 0.6) is 11.5 Å². The first-order valence-electron chi connectivity index (χ1n) is 7.16. The number of carbonyl (C=O) groups excluding carboxylic acids is 1. The van der Waals surface area contributed by atoms with E-state index >= 15 is 0 Å². The van der Waals surface area contributed by atoms with Gasteiger partial charge in [0.2, 0.25) is 0 Å². The lowest BCUT2D eigenvalue weighted by Crippen LogP contribution is -2.02. The summed E-state index contributed by atoms with van der Waals surface area (Å²) in [7, 11) is 0. The topological polar surface area (TPSA) is 35.5 Å². The fraction of sp³-hybridized carbons (Fsp3) is 0.562. The molecule has 0 N–H and O–H groups in total. The van der Waals surface area contributed by atoms with Crippen LogP contribution in [0.4, 0.5) is 0 Å². The molecule has 0 atom stereocenters. The second kappa shape index (κ2) is 9.42. The van der Waals surface area contributed by atoms with E-state index in [-0.39, 0.29) is 0 Å². The maximum absolute atomic E-state index is 10.8. The molecule has 0 aromatic heterocycles. The van der Waals surface area contributed by atoms with E-state index < -0.39 is 0 Å². The SMILES string of the molecule is CCCCCCOc1cc(C=O)ccc1OCCC. The molecule has 0 radical (unpaired) electrons. The van der Waals surface area contributed by atoms with E-state index in [1.807, 2.05) is 0 Å². The molecule has 1 aromatic carbocycles. The third kappa shape index (κ3) is 5.77. The summed E-state index contributed by atoms with van der Waals surface area (Å²) in [6, 6.07) is 5.31. The molecule has 0 spiro atoms. The molecule has 19 heavy (non-hydrogen) atoms. The average Bonchev–Trinajstić information content (AvgIpc) is 2.45. The number of carbonyl (C=O) groups is 1. The quantitative estimate of drug-likeness (QED) is 0.468. The van der Waals surface area contributed by atoms with Gasteiger partial charge in [-0.2, -0.15) is 0 Å². The molecular formula is C16H24O3. The lowest BCUT2D eigenvalue weighted by molar-refractivity contribution is 0.112. The highest BCUT2D eigenvalue weighted by atomic mass is 16.5. The normalized spacial score (nSPS) is 10.2. The Morgan fingerprint density at radius 3 is 2.42 bits per heavy atom. The van der Waals surface area contributed by atoms with Crippen LogP contribution in [0.1, 0.15) is 56.3 Å². The van der Waals surface area contributed by atoms with Crippen molar-refractivity contribution < 1.29 is 14.3 Å². The summed E-state index contributed by atoms with van der Waals surface area (Å²) < 4.78 is 11.4. The van der Waals surface area contributed by atoms with Crippen LogP contribution >= 0.6 is 0 Å². The van der Waals surface area contributed by atoms with Gasteiger partial charge in [0, 0.05) is 5.56 Å². The summed E-state index contributed by atoms with van der Waals surface area (Å²) in [6.07, 6.45) is 6.43. The van der Waals surface area contributed by atoms with Crippen molar-refractivity contribution >= 4 is 6.29 Å².